The third-order valence-corrected chi connectivity index (χ3v) is 1.27. The molecule has 0 saturated heterocycles. The Labute approximate surface area is 69.9 Å². The fourth-order valence-corrected chi connectivity index (χ4v) is 0.681. The molecule has 0 aromatic rings. The van der Waals surface area contributed by atoms with Crippen molar-refractivity contribution in [3.8, 4) is 0 Å². The van der Waals surface area contributed by atoms with Gasteiger partial charge < -0.3 is 5.32 Å². The second kappa shape index (κ2) is 6.07. The summed E-state index contributed by atoms with van der Waals surface area (Å²) in [5.74, 6) is 0. The lowest BCUT2D eigenvalue weighted by atomic mass is 10.2. The molecule has 2 nitrogen and oxygen atoms in total. The Kier molecular flexibility index (Phi) is 6.03. The number of nitrogens with zero attached hydrogens (tertiary/aromatic N) is 1. The molecule has 0 aromatic heterocycles. The van der Waals surface area contributed by atoms with Crippen molar-refractivity contribution in [3.63, 3.8) is 0 Å². The van der Waals surface area contributed by atoms with E-state index in [-0.39, 0.29) is 0 Å². The summed E-state index contributed by atoms with van der Waals surface area (Å²) in [4.78, 5) is 0. The SMILES string of the molecule is CN/C=C(/C)CC=NI. The third-order valence-electron chi connectivity index (χ3n) is 0.873. The van der Waals surface area contributed by atoms with Crippen molar-refractivity contribution in [2.45, 2.75) is 13.3 Å². The Morgan fingerprint density at radius 1 is 1.78 bits per heavy atom. The van der Waals surface area contributed by atoms with Crippen LogP contribution in [0.5, 0.6) is 0 Å². The number of halogens is 1. The molecule has 0 amide bonds. The van der Waals surface area contributed by atoms with E-state index in [0.717, 1.165) is 6.42 Å². The number of hydrogen-bond acceptors (Lipinski definition) is 2. The molecule has 3 heteroatoms. The van der Waals surface area contributed by atoms with Crippen molar-refractivity contribution < 1.29 is 0 Å². The average Bonchev–Trinajstić information content (AvgIpc) is 1.85. The highest BCUT2D eigenvalue weighted by atomic mass is 127. The summed E-state index contributed by atoms with van der Waals surface area (Å²) in [6.07, 6.45) is 4.78. The standard InChI is InChI=1S/C6H11IN2/c1-6(5-8-2)3-4-9-7/h4-5,8H,3H2,1-2H3/b6-5-,9-4?. The Hall–Kier alpha value is -0.0600. The van der Waals surface area contributed by atoms with Gasteiger partial charge in [-0.05, 0) is 13.1 Å². The fraction of sp³-hybridized carbons (Fsp3) is 0.500. The second-order valence-electron chi connectivity index (χ2n) is 1.76. The Bertz CT molecular complexity index is 118. The lowest BCUT2D eigenvalue weighted by molar-refractivity contribution is 1.06. The predicted octanol–water partition coefficient (Wildman–Crippen LogP) is 1.92. The molecular weight excluding hydrogens is 227 g/mol. The highest BCUT2D eigenvalue weighted by Gasteiger charge is 1.81. The van der Waals surface area contributed by atoms with Gasteiger partial charge in [-0.3, -0.25) is 0 Å². The van der Waals surface area contributed by atoms with Gasteiger partial charge in [0.05, 0.1) is 22.9 Å². The van der Waals surface area contributed by atoms with Crippen molar-refractivity contribution in [1.29, 1.82) is 0 Å². The molecule has 0 aliphatic carbocycles. The summed E-state index contributed by atoms with van der Waals surface area (Å²) >= 11 is 1.97. The molecule has 0 atom stereocenters. The van der Waals surface area contributed by atoms with Gasteiger partial charge in [0.25, 0.3) is 0 Å². The van der Waals surface area contributed by atoms with Crippen molar-refractivity contribution in [1.82, 2.24) is 5.32 Å². The average molecular weight is 238 g/mol. The third kappa shape index (κ3) is 5.82. The molecule has 0 fully saturated rings. The zero-order valence-electron chi connectivity index (χ0n) is 5.69. The van der Waals surface area contributed by atoms with Crippen LogP contribution in [0.4, 0.5) is 0 Å². The molecule has 0 aromatic carbocycles. The Morgan fingerprint density at radius 2 is 2.44 bits per heavy atom. The van der Waals surface area contributed by atoms with E-state index in [1.165, 1.54) is 5.57 Å². The lowest BCUT2D eigenvalue weighted by Crippen LogP contribution is -1.94. The van der Waals surface area contributed by atoms with Crippen molar-refractivity contribution >= 4 is 29.1 Å². The van der Waals surface area contributed by atoms with E-state index < -0.39 is 0 Å². The molecule has 0 heterocycles. The van der Waals surface area contributed by atoms with Gasteiger partial charge in [-0.15, -0.1) is 0 Å². The van der Waals surface area contributed by atoms with Gasteiger partial charge in [0.2, 0.25) is 0 Å². The van der Waals surface area contributed by atoms with Crippen LogP contribution >= 0.6 is 22.9 Å². The van der Waals surface area contributed by atoms with Gasteiger partial charge in [0.15, 0.2) is 0 Å². The van der Waals surface area contributed by atoms with Crippen LogP contribution < -0.4 is 5.32 Å². The van der Waals surface area contributed by atoms with Crippen LogP contribution in [-0.4, -0.2) is 13.3 Å². The topological polar surface area (TPSA) is 24.4 Å². The molecule has 0 aliphatic heterocycles. The second-order valence-corrected chi connectivity index (χ2v) is 2.32. The van der Waals surface area contributed by atoms with Crippen molar-refractivity contribution in [3.05, 3.63) is 11.8 Å². The minimum Gasteiger partial charge on any atom is -0.394 e. The minimum absolute atomic E-state index is 0.934. The lowest BCUT2D eigenvalue weighted by Gasteiger charge is -1.92. The zero-order valence-corrected chi connectivity index (χ0v) is 7.84. The summed E-state index contributed by atoms with van der Waals surface area (Å²) in [6, 6.07) is 0. The maximum Gasteiger partial charge on any atom is 0.0827 e. The Morgan fingerprint density at radius 3 is 2.89 bits per heavy atom. The molecule has 0 spiro atoms. The number of hydrogen-bond donors (Lipinski definition) is 1. The smallest absolute Gasteiger partial charge is 0.0827 e. The van der Waals surface area contributed by atoms with E-state index >= 15 is 0 Å². The molecule has 0 bridgehead atoms. The number of allylic oxidation sites excluding steroid dienone is 1. The number of rotatable bonds is 3. The van der Waals surface area contributed by atoms with E-state index in [4.69, 9.17) is 0 Å². The first kappa shape index (κ1) is 8.94. The summed E-state index contributed by atoms with van der Waals surface area (Å²) < 4.78 is 3.83. The van der Waals surface area contributed by atoms with Crippen LogP contribution in [0.1, 0.15) is 13.3 Å². The van der Waals surface area contributed by atoms with Crippen LogP contribution in [0.15, 0.2) is 15.0 Å². The van der Waals surface area contributed by atoms with Gasteiger partial charge >= 0.3 is 0 Å². The van der Waals surface area contributed by atoms with E-state index in [9.17, 15) is 0 Å². The highest BCUT2D eigenvalue weighted by molar-refractivity contribution is 14.1. The molecule has 9 heavy (non-hydrogen) atoms. The van der Waals surface area contributed by atoms with E-state index in [1.807, 2.05) is 42.3 Å². The summed E-state index contributed by atoms with van der Waals surface area (Å²) in [6.45, 7) is 2.06. The summed E-state index contributed by atoms with van der Waals surface area (Å²) in [7, 11) is 1.89. The van der Waals surface area contributed by atoms with Gasteiger partial charge in [-0.2, -0.15) is 0 Å². The van der Waals surface area contributed by atoms with Gasteiger partial charge in [-0.1, -0.05) is 5.57 Å². The first-order chi connectivity index (χ1) is 4.31. The largest absolute Gasteiger partial charge is 0.394 e. The van der Waals surface area contributed by atoms with E-state index in [1.54, 1.807) is 0 Å². The van der Waals surface area contributed by atoms with Gasteiger partial charge in [0.1, 0.15) is 0 Å². The monoisotopic (exact) mass is 238 g/mol. The molecule has 0 radical (unpaired) electrons. The quantitative estimate of drug-likeness (QED) is 0.589. The zero-order chi connectivity index (χ0) is 7.11. The maximum absolute atomic E-state index is 3.83. The molecule has 52 valence electrons. The van der Waals surface area contributed by atoms with Crippen LogP contribution in [0.2, 0.25) is 0 Å². The molecular formula is C6H11IN2. The normalized spacial score (nSPS) is 12.6. The van der Waals surface area contributed by atoms with Gasteiger partial charge in [0, 0.05) is 19.7 Å². The maximum atomic E-state index is 3.83. The predicted molar refractivity (Wildman–Crippen MR) is 49.9 cm³/mol. The first-order valence-corrected chi connectivity index (χ1v) is 3.73. The molecule has 0 rings (SSSR count). The molecule has 1 N–H and O–H groups in total. The fourth-order valence-electron chi connectivity index (χ4n) is 0.484. The summed E-state index contributed by atoms with van der Waals surface area (Å²) in [5.41, 5.74) is 1.29. The van der Waals surface area contributed by atoms with Gasteiger partial charge in [-0.25, -0.2) is 3.21 Å². The molecule has 0 saturated carbocycles. The van der Waals surface area contributed by atoms with Crippen LogP contribution in [0.3, 0.4) is 0 Å². The van der Waals surface area contributed by atoms with Crippen LogP contribution in [-0.2, 0) is 0 Å². The van der Waals surface area contributed by atoms with Crippen LogP contribution in [0.25, 0.3) is 0 Å². The first-order valence-electron chi connectivity index (χ1n) is 2.77. The van der Waals surface area contributed by atoms with E-state index in [0.29, 0.717) is 0 Å². The highest BCUT2D eigenvalue weighted by Crippen LogP contribution is 1.95. The summed E-state index contributed by atoms with van der Waals surface area (Å²) in [5, 5.41) is 2.95. The minimum atomic E-state index is 0.934. The van der Waals surface area contributed by atoms with Crippen molar-refractivity contribution in [2.75, 3.05) is 7.05 Å². The Balaban J connectivity index is 3.49. The molecule has 0 aliphatic rings. The number of nitrogens with one attached hydrogen (secondary N) is 1. The van der Waals surface area contributed by atoms with Crippen LogP contribution in [0, 0.1) is 0 Å². The van der Waals surface area contributed by atoms with Crippen molar-refractivity contribution in [2.24, 2.45) is 3.21 Å². The molecule has 0 unspecified atom stereocenters. The van der Waals surface area contributed by atoms with E-state index in [2.05, 4.69) is 15.4 Å².